The van der Waals surface area contributed by atoms with Crippen molar-refractivity contribution in [2.75, 3.05) is 6.61 Å². The molecule has 0 amide bonds. The third kappa shape index (κ3) is 4.06. The van der Waals surface area contributed by atoms with Crippen LogP contribution in [0.25, 0.3) is 0 Å². The molecule has 0 radical (unpaired) electrons. The van der Waals surface area contributed by atoms with Crippen LogP contribution in [-0.4, -0.2) is 15.0 Å². The molecule has 106 valence electrons. The number of hydrogen-bond acceptors (Lipinski definition) is 3. The first-order chi connectivity index (χ1) is 9.47. The van der Waals surface area contributed by atoms with Crippen LogP contribution in [0.2, 0.25) is 0 Å². The van der Waals surface area contributed by atoms with E-state index in [1.807, 2.05) is 30.3 Å². The zero-order valence-corrected chi connectivity index (χ0v) is 13.0. The van der Waals surface area contributed by atoms with Crippen LogP contribution in [0.15, 0.2) is 57.9 Å². The molecule has 0 unspecified atom stereocenters. The molecule has 0 aliphatic carbocycles. The van der Waals surface area contributed by atoms with Crippen molar-refractivity contribution in [3.63, 3.8) is 0 Å². The second-order valence-corrected chi connectivity index (χ2v) is 6.64. The molecule has 0 aliphatic heterocycles. The van der Waals surface area contributed by atoms with Gasteiger partial charge in [0.2, 0.25) is 10.0 Å². The molecule has 0 aliphatic rings. The van der Waals surface area contributed by atoms with Crippen LogP contribution < -0.4 is 9.88 Å². The quantitative estimate of drug-likeness (QED) is 0.896. The zero-order valence-electron chi connectivity index (χ0n) is 10.6. The Kier molecular flexibility index (Phi) is 4.80. The molecule has 2 aromatic carbocycles. The largest absolute Gasteiger partial charge is 0.492 e. The molecule has 0 saturated carbocycles. The molecule has 0 bridgehead atoms. The summed E-state index contributed by atoms with van der Waals surface area (Å²) in [6.07, 6.45) is 0.782. The summed E-state index contributed by atoms with van der Waals surface area (Å²) in [5, 5.41) is 5.06. The maximum atomic E-state index is 11.2. The Bertz CT molecular complexity index is 687. The summed E-state index contributed by atoms with van der Waals surface area (Å²) in [5.74, 6) is 0.591. The van der Waals surface area contributed by atoms with E-state index >= 15 is 0 Å². The van der Waals surface area contributed by atoms with Crippen LogP contribution in [-0.2, 0) is 16.4 Å². The SMILES string of the molecule is NS(=O)(=O)c1ccc(OCCc2ccccc2)c(Br)c1. The van der Waals surface area contributed by atoms with Gasteiger partial charge >= 0.3 is 0 Å². The lowest BCUT2D eigenvalue weighted by molar-refractivity contribution is 0.319. The monoisotopic (exact) mass is 355 g/mol. The smallest absolute Gasteiger partial charge is 0.238 e. The van der Waals surface area contributed by atoms with Gasteiger partial charge in [0.1, 0.15) is 5.75 Å². The lowest BCUT2D eigenvalue weighted by Crippen LogP contribution is -2.12. The number of nitrogens with two attached hydrogens (primary N) is 1. The highest BCUT2D eigenvalue weighted by molar-refractivity contribution is 9.10. The maximum Gasteiger partial charge on any atom is 0.238 e. The van der Waals surface area contributed by atoms with Crippen LogP contribution in [0.4, 0.5) is 0 Å². The topological polar surface area (TPSA) is 69.4 Å². The molecule has 0 saturated heterocycles. The van der Waals surface area contributed by atoms with Gasteiger partial charge in [-0.05, 0) is 39.7 Å². The molecule has 4 nitrogen and oxygen atoms in total. The summed E-state index contributed by atoms with van der Waals surface area (Å²) in [7, 11) is -3.69. The number of sulfonamides is 1. The lowest BCUT2D eigenvalue weighted by Gasteiger charge is -2.09. The Labute approximate surface area is 126 Å². The molecule has 2 aromatic rings. The van der Waals surface area contributed by atoms with Gasteiger partial charge in [-0.2, -0.15) is 0 Å². The summed E-state index contributed by atoms with van der Waals surface area (Å²) in [6.45, 7) is 0.511. The van der Waals surface area contributed by atoms with Gasteiger partial charge < -0.3 is 4.74 Å². The fourth-order valence-electron chi connectivity index (χ4n) is 1.70. The minimum atomic E-state index is -3.69. The number of hydrogen-bond donors (Lipinski definition) is 1. The van der Waals surface area contributed by atoms with Gasteiger partial charge in [-0.15, -0.1) is 0 Å². The van der Waals surface area contributed by atoms with Gasteiger partial charge in [0, 0.05) is 6.42 Å². The van der Waals surface area contributed by atoms with Crippen molar-refractivity contribution >= 4 is 26.0 Å². The van der Waals surface area contributed by atoms with Crippen molar-refractivity contribution in [3.05, 3.63) is 58.6 Å². The van der Waals surface area contributed by atoms with Gasteiger partial charge in [-0.3, -0.25) is 0 Å². The highest BCUT2D eigenvalue weighted by atomic mass is 79.9. The highest BCUT2D eigenvalue weighted by Crippen LogP contribution is 2.27. The second kappa shape index (κ2) is 6.39. The maximum absolute atomic E-state index is 11.2. The van der Waals surface area contributed by atoms with Crippen LogP contribution >= 0.6 is 15.9 Å². The Hall–Kier alpha value is -1.37. The van der Waals surface area contributed by atoms with Gasteiger partial charge in [-0.25, -0.2) is 13.6 Å². The molecule has 0 atom stereocenters. The number of ether oxygens (including phenoxy) is 1. The predicted octanol–water partition coefficient (Wildman–Crippen LogP) is 2.72. The summed E-state index contributed by atoms with van der Waals surface area (Å²) >= 11 is 3.28. The number of benzene rings is 2. The molecule has 2 N–H and O–H groups in total. The van der Waals surface area contributed by atoms with Crippen molar-refractivity contribution in [2.45, 2.75) is 11.3 Å². The van der Waals surface area contributed by atoms with Gasteiger partial charge in [0.15, 0.2) is 0 Å². The van der Waals surface area contributed by atoms with E-state index in [2.05, 4.69) is 15.9 Å². The summed E-state index contributed by atoms with van der Waals surface area (Å²) in [6, 6.07) is 14.4. The zero-order chi connectivity index (χ0) is 14.6. The first kappa shape index (κ1) is 15.0. The first-order valence-corrected chi connectivity index (χ1v) is 8.30. The molecule has 20 heavy (non-hydrogen) atoms. The van der Waals surface area contributed by atoms with E-state index in [1.165, 1.54) is 17.7 Å². The molecule has 6 heteroatoms. The molecule has 0 spiro atoms. The van der Waals surface area contributed by atoms with E-state index < -0.39 is 10.0 Å². The van der Waals surface area contributed by atoms with Gasteiger partial charge in [-0.1, -0.05) is 30.3 Å². The molecule has 0 aromatic heterocycles. The van der Waals surface area contributed by atoms with Gasteiger partial charge in [0.05, 0.1) is 16.0 Å². The molecule has 0 fully saturated rings. The minimum absolute atomic E-state index is 0.0554. The molecule has 2 rings (SSSR count). The van der Waals surface area contributed by atoms with E-state index in [1.54, 1.807) is 6.07 Å². The average molecular weight is 356 g/mol. The third-order valence-electron chi connectivity index (χ3n) is 2.72. The highest BCUT2D eigenvalue weighted by Gasteiger charge is 2.10. The van der Waals surface area contributed by atoms with Crippen molar-refractivity contribution in [3.8, 4) is 5.75 Å². The van der Waals surface area contributed by atoms with E-state index in [4.69, 9.17) is 9.88 Å². The second-order valence-electron chi connectivity index (χ2n) is 4.22. The molecule has 0 heterocycles. The van der Waals surface area contributed by atoms with Crippen LogP contribution in [0.3, 0.4) is 0 Å². The standard InChI is InChI=1S/C14H14BrNO3S/c15-13-10-12(20(16,17)18)6-7-14(13)19-9-8-11-4-2-1-3-5-11/h1-7,10H,8-9H2,(H2,16,17,18). The fraction of sp³-hybridized carbons (Fsp3) is 0.143. The predicted molar refractivity (Wildman–Crippen MR) is 81.2 cm³/mol. The number of halogens is 1. The minimum Gasteiger partial charge on any atom is -0.492 e. The van der Waals surface area contributed by atoms with E-state index in [0.717, 1.165) is 6.42 Å². The van der Waals surface area contributed by atoms with Crippen LogP contribution in [0, 0.1) is 0 Å². The normalized spacial score (nSPS) is 11.3. The number of rotatable bonds is 5. The Balaban J connectivity index is 2.00. The summed E-state index contributed by atoms with van der Waals surface area (Å²) < 4.78 is 28.6. The van der Waals surface area contributed by atoms with Crippen molar-refractivity contribution in [1.29, 1.82) is 0 Å². The Morgan fingerprint density at radius 2 is 1.80 bits per heavy atom. The van der Waals surface area contributed by atoms with E-state index in [-0.39, 0.29) is 4.90 Å². The number of primary sulfonamides is 1. The summed E-state index contributed by atoms with van der Waals surface area (Å²) in [4.78, 5) is 0.0554. The lowest BCUT2D eigenvalue weighted by atomic mass is 10.2. The Morgan fingerprint density at radius 3 is 2.40 bits per heavy atom. The molecular weight excluding hydrogens is 342 g/mol. The average Bonchev–Trinajstić information content (AvgIpc) is 2.40. The van der Waals surface area contributed by atoms with Crippen LogP contribution in [0.1, 0.15) is 5.56 Å². The van der Waals surface area contributed by atoms with Crippen LogP contribution in [0.5, 0.6) is 5.75 Å². The van der Waals surface area contributed by atoms with Crippen molar-refractivity contribution in [1.82, 2.24) is 0 Å². The van der Waals surface area contributed by atoms with E-state index in [0.29, 0.717) is 16.8 Å². The molecular formula is C14H14BrNO3S. The van der Waals surface area contributed by atoms with Gasteiger partial charge in [0.25, 0.3) is 0 Å². The Morgan fingerprint density at radius 1 is 1.10 bits per heavy atom. The summed E-state index contributed by atoms with van der Waals surface area (Å²) in [5.41, 5.74) is 1.18. The van der Waals surface area contributed by atoms with E-state index in [9.17, 15) is 8.42 Å². The van der Waals surface area contributed by atoms with Crippen molar-refractivity contribution in [2.24, 2.45) is 5.14 Å². The fourth-order valence-corrected chi connectivity index (χ4v) is 2.88. The first-order valence-electron chi connectivity index (χ1n) is 5.96. The van der Waals surface area contributed by atoms with Crippen molar-refractivity contribution < 1.29 is 13.2 Å². The third-order valence-corrected chi connectivity index (χ3v) is 4.25.